The van der Waals surface area contributed by atoms with E-state index in [1.54, 1.807) is 14.2 Å². The molecule has 0 saturated carbocycles. The van der Waals surface area contributed by atoms with Gasteiger partial charge in [0.15, 0.2) is 6.54 Å². The average Bonchev–Trinajstić information content (AvgIpc) is 2.63. The second-order valence-electron chi connectivity index (χ2n) is 6.39. The molecular formula is C21H29N2O3+. The van der Waals surface area contributed by atoms with Crippen molar-refractivity contribution in [1.29, 1.82) is 0 Å². The number of nitrogens with one attached hydrogen (secondary N) is 2. The molecule has 5 heteroatoms. The lowest BCUT2D eigenvalue weighted by Gasteiger charge is -2.20. The van der Waals surface area contributed by atoms with Gasteiger partial charge < -0.3 is 19.7 Å². The van der Waals surface area contributed by atoms with Crippen LogP contribution in [0.4, 0.5) is 5.69 Å². The molecule has 1 unspecified atom stereocenters. The lowest BCUT2D eigenvalue weighted by molar-refractivity contribution is -0.905. The fraction of sp³-hybridized carbons (Fsp3) is 0.381. The van der Waals surface area contributed by atoms with Crippen LogP contribution >= 0.6 is 0 Å². The molecule has 0 fully saturated rings. The molecule has 1 atom stereocenters. The Hall–Kier alpha value is -2.53. The summed E-state index contributed by atoms with van der Waals surface area (Å²) in [6.07, 6.45) is 0.999. The van der Waals surface area contributed by atoms with Gasteiger partial charge in [0, 0.05) is 5.69 Å². The van der Waals surface area contributed by atoms with Gasteiger partial charge in [-0.3, -0.25) is 4.79 Å². The zero-order valence-corrected chi connectivity index (χ0v) is 16.1. The number of hydrogen-bond donors (Lipinski definition) is 2. The maximum atomic E-state index is 12.5. The summed E-state index contributed by atoms with van der Waals surface area (Å²) in [5, 5.41) is 3.02. The lowest BCUT2D eigenvalue weighted by atomic mass is 10.1. The van der Waals surface area contributed by atoms with E-state index in [0.717, 1.165) is 41.3 Å². The number of aryl methyl sites for hydroxylation is 1. The number of ether oxygens (including phenoxy) is 2. The van der Waals surface area contributed by atoms with E-state index in [0.29, 0.717) is 13.1 Å². The Balaban J connectivity index is 2.09. The number of para-hydroxylation sites is 1. The van der Waals surface area contributed by atoms with Crippen molar-refractivity contribution in [3.05, 3.63) is 53.6 Å². The van der Waals surface area contributed by atoms with E-state index in [1.807, 2.05) is 49.4 Å². The third-order valence-electron chi connectivity index (χ3n) is 4.36. The van der Waals surface area contributed by atoms with Crippen molar-refractivity contribution in [2.24, 2.45) is 0 Å². The van der Waals surface area contributed by atoms with E-state index in [9.17, 15) is 4.79 Å². The van der Waals surface area contributed by atoms with Crippen LogP contribution < -0.4 is 19.7 Å². The standard InChI is InChI=1S/C21H28N2O3/c1-5-12-23(14-17-13-18(25-3)10-11-20(17)26-4)15-21(24)22-19-9-7-6-8-16(19)2/h6-11,13H,5,12,14-15H2,1-4H3,(H,22,24)/p+1. The maximum absolute atomic E-state index is 12.5. The van der Waals surface area contributed by atoms with Crippen LogP contribution in [0.2, 0.25) is 0 Å². The molecule has 26 heavy (non-hydrogen) atoms. The third kappa shape index (κ3) is 5.49. The minimum Gasteiger partial charge on any atom is -0.497 e. The van der Waals surface area contributed by atoms with Gasteiger partial charge >= 0.3 is 0 Å². The highest BCUT2D eigenvalue weighted by Gasteiger charge is 2.17. The first-order valence-corrected chi connectivity index (χ1v) is 8.97. The molecule has 0 radical (unpaired) electrons. The normalized spacial score (nSPS) is 11.7. The fourth-order valence-electron chi connectivity index (χ4n) is 3.02. The first-order chi connectivity index (χ1) is 12.6. The monoisotopic (exact) mass is 357 g/mol. The van der Waals surface area contributed by atoms with Crippen LogP contribution in [0.15, 0.2) is 42.5 Å². The maximum Gasteiger partial charge on any atom is 0.279 e. The molecule has 0 aliphatic carbocycles. The number of quaternary nitrogens is 1. The second-order valence-corrected chi connectivity index (χ2v) is 6.39. The summed E-state index contributed by atoms with van der Waals surface area (Å²) in [7, 11) is 3.31. The van der Waals surface area contributed by atoms with Gasteiger partial charge in [0.05, 0.1) is 26.3 Å². The molecule has 2 aromatic carbocycles. The predicted molar refractivity (Wildman–Crippen MR) is 104 cm³/mol. The molecule has 2 rings (SSSR count). The van der Waals surface area contributed by atoms with E-state index >= 15 is 0 Å². The van der Waals surface area contributed by atoms with Crippen LogP contribution in [0.3, 0.4) is 0 Å². The number of benzene rings is 2. The largest absolute Gasteiger partial charge is 0.497 e. The van der Waals surface area contributed by atoms with Gasteiger partial charge in [-0.2, -0.15) is 0 Å². The summed E-state index contributed by atoms with van der Waals surface area (Å²) < 4.78 is 10.8. The number of methoxy groups -OCH3 is 2. The minimum absolute atomic E-state index is 0.0182. The number of anilines is 1. The highest BCUT2D eigenvalue weighted by Crippen LogP contribution is 2.23. The molecular weight excluding hydrogens is 328 g/mol. The summed E-state index contributed by atoms with van der Waals surface area (Å²) >= 11 is 0. The van der Waals surface area contributed by atoms with Crippen molar-refractivity contribution >= 4 is 11.6 Å². The van der Waals surface area contributed by atoms with Gasteiger partial charge in [-0.25, -0.2) is 0 Å². The number of rotatable bonds is 9. The van der Waals surface area contributed by atoms with Gasteiger partial charge in [0.2, 0.25) is 0 Å². The summed E-state index contributed by atoms with van der Waals surface area (Å²) in [5.41, 5.74) is 2.97. The molecule has 0 saturated heterocycles. The zero-order valence-electron chi connectivity index (χ0n) is 16.1. The molecule has 0 heterocycles. The Bertz CT molecular complexity index is 731. The van der Waals surface area contributed by atoms with Crippen LogP contribution in [0, 0.1) is 6.92 Å². The zero-order chi connectivity index (χ0) is 18.9. The molecule has 1 amide bonds. The Kier molecular flexibility index (Phi) is 7.48. The summed E-state index contributed by atoms with van der Waals surface area (Å²) in [6.45, 7) is 6.13. The van der Waals surface area contributed by atoms with Crippen molar-refractivity contribution in [3.63, 3.8) is 0 Å². The van der Waals surface area contributed by atoms with Crippen molar-refractivity contribution in [1.82, 2.24) is 0 Å². The van der Waals surface area contributed by atoms with Crippen LogP contribution in [0.5, 0.6) is 11.5 Å². The SMILES string of the molecule is CCC[NH+](CC(=O)Nc1ccccc1C)Cc1cc(OC)ccc1OC. The van der Waals surface area contributed by atoms with Crippen LogP contribution in [0.1, 0.15) is 24.5 Å². The molecule has 0 aromatic heterocycles. The number of amides is 1. The molecule has 0 bridgehead atoms. The Morgan fingerprint density at radius 1 is 1.12 bits per heavy atom. The molecule has 5 nitrogen and oxygen atoms in total. The highest BCUT2D eigenvalue weighted by atomic mass is 16.5. The topological polar surface area (TPSA) is 52.0 Å². The summed E-state index contributed by atoms with van der Waals surface area (Å²) in [6, 6.07) is 13.6. The molecule has 140 valence electrons. The van der Waals surface area contributed by atoms with Gasteiger partial charge in [0.25, 0.3) is 5.91 Å². The van der Waals surface area contributed by atoms with Gasteiger partial charge in [-0.1, -0.05) is 25.1 Å². The van der Waals surface area contributed by atoms with Crippen LogP contribution in [-0.4, -0.2) is 33.2 Å². The number of hydrogen-bond acceptors (Lipinski definition) is 3. The van der Waals surface area contributed by atoms with Crippen molar-refractivity contribution in [2.75, 3.05) is 32.6 Å². The quantitative estimate of drug-likeness (QED) is 0.725. The van der Waals surface area contributed by atoms with Crippen molar-refractivity contribution < 1.29 is 19.2 Å². The Morgan fingerprint density at radius 2 is 1.88 bits per heavy atom. The molecule has 0 aliphatic heterocycles. The Labute approximate surface area is 155 Å². The van der Waals surface area contributed by atoms with Gasteiger partial charge in [0.1, 0.15) is 18.0 Å². The van der Waals surface area contributed by atoms with E-state index < -0.39 is 0 Å². The third-order valence-corrected chi connectivity index (χ3v) is 4.36. The molecule has 2 aromatic rings. The summed E-state index contributed by atoms with van der Waals surface area (Å²) in [4.78, 5) is 13.7. The van der Waals surface area contributed by atoms with E-state index in [-0.39, 0.29) is 5.91 Å². The van der Waals surface area contributed by atoms with Gasteiger partial charge in [-0.05, 0) is 43.2 Å². The minimum atomic E-state index is 0.0182. The predicted octanol–water partition coefficient (Wildman–Crippen LogP) is 2.45. The van der Waals surface area contributed by atoms with E-state index in [4.69, 9.17) is 9.47 Å². The lowest BCUT2D eigenvalue weighted by Crippen LogP contribution is -3.11. The number of carbonyl (C=O) groups excluding carboxylic acids is 1. The van der Waals surface area contributed by atoms with Crippen molar-refractivity contribution in [3.8, 4) is 11.5 Å². The molecule has 0 aliphatic rings. The smallest absolute Gasteiger partial charge is 0.279 e. The van der Waals surface area contributed by atoms with Crippen molar-refractivity contribution in [2.45, 2.75) is 26.8 Å². The first-order valence-electron chi connectivity index (χ1n) is 8.97. The Morgan fingerprint density at radius 3 is 2.54 bits per heavy atom. The van der Waals surface area contributed by atoms with Crippen LogP contribution in [0.25, 0.3) is 0 Å². The van der Waals surface area contributed by atoms with Gasteiger partial charge in [-0.15, -0.1) is 0 Å². The van der Waals surface area contributed by atoms with E-state index in [2.05, 4.69) is 12.2 Å². The van der Waals surface area contributed by atoms with E-state index in [1.165, 1.54) is 4.90 Å². The summed E-state index contributed by atoms with van der Waals surface area (Å²) in [5.74, 6) is 1.63. The van der Waals surface area contributed by atoms with Crippen LogP contribution in [-0.2, 0) is 11.3 Å². The highest BCUT2D eigenvalue weighted by molar-refractivity contribution is 5.92. The second kappa shape index (κ2) is 9.82. The molecule has 0 spiro atoms. The molecule has 2 N–H and O–H groups in total. The average molecular weight is 357 g/mol. The first kappa shape index (κ1) is 19.8. The fourth-order valence-corrected chi connectivity index (χ4v) is 3.02. The number of carbonyl (C=O) groups is 1.